The maximum absolute atomic E-state index is 12.2. The minimum absolute atomic E-state index is 0.0733. The largest absolute Gasteiger partial charge is 0.467 e. The molecule has 0 aromatic rings. The van der Waals surface area contributed by atoms with Crippen LogP contribution in [0, 0.1) is 0 Å². The van der Waals surface area contributed by atoms with Crippen molar-refractivity contribution >= 4 is 18.0 Å². The summed E-state index contributed by atoms with van der Waals surface area (Å²) in [5.74, 6) is -1.04. The standard InChI is InChI=1S/C14H19NO6/c1-13(2,3)21-12(18)15-8-14(6-5-10(16)20-14)7-9(15)11(17)19-4/h5-6,9H,7-8H2,1-4H3/t9-,14-/m0/s1. The highest BCUT2D eigenvalue weighted by molar-refractivity contribution is 5.87. The van der Waals surface area contributed by atoms with Gasteiger partial charge < -0.3 is 14.2 Å². The zero-order chi connectivity index (χ0) is 15.8. The highest BCUT2D eigenvalue weighted by Crippen LogP contribution is 2.36. The Morgan fingerprint density at radius 3 is 2.57 bits per heavy atom. The van der Waals surface area contributed by atoms with E-state index in [-0.39, 0.29) is 13.0 Å². The zero-order valence-corrected chi connectivity index (χ0v) is 12.5. The topological polar surface area (TPSA) is 82.1 Å². The first-order valence-corrected chi connectivity index (χ1v) is 6.65. The van der Waals surface area contributed by atoms with Crippen LogP contribution in [0.2, 0.25) is 0 Å². The van der Waals surface area contributed by atoms with Gasteiger partial charge in [-0.15, -0.1) is 0 Å². The summed E-state index contributed by atoms with van der Waals surface area (Å²) in [6.45, 7) is 5.28. The van der Waals surface area contributed by atoms with E-state index in [1.165, 1.54) is 18.1 Å². The summed E-state index contributed by atoms with van der Waals surface area (Å²) in [6, 6.07) is -0.833. The minimum atomic E-state index is -0.965. The van der Waals surface area contributed by atoms with E-state index in [1.54, 1.807) is 26.8 Å². The van der Waals surface area contributed by atoms with Crippen LogP contribution in [0.5, 0.6) is 0 Å². The van der Waals surface area contributed by atoms with E-state index < -0.39 is 35.3 Å². The van der Waals surface area contributed by atoms with E-state index in [9.17, 15) is 14.4 Å². The Morgan fingerprint density at radius 2 is 2.10 bits per heavy atom. The normalized spacial score (nSPS) is 27.9. The zero-order valence-electron chi connectivity index (χ0n) is 12.5. The predicted octanol–water partition coefficient (Wildman–Crippen LogP) is 1.02. The number of ether oxygens (including phenoxy) is 3. The molecular weight excluding hydrogens is 278 g/mol. The first-order valence-electron chi connectivity index (χ1n) is 6.65. The molecule has 1 amide bonds. The first kappa shape index (κ1) is 15.3. The van der Waals surface area contributed by atoms with Crippen molar-refractivity contribution in [2.45, 2.75) is 44.4 Å². The van der Waals surface area contributed by atoms with Crippen molar-refractivity contribution in [3.8, 4) is 0 Å². The minimum Gasteiger partial charge on any atom is -0.467 e. The number of hydrogen-bond donors (Lipinski definition) is 0. The number of carbonyl (C=O) groups is 3. The monoisotopic (exact) mass is 297 g/mol. The van der Waals surface area contributed by atoms with E-state index in [0.29, 0.717) is 0 Å². The smallest absolute Gasteiger partial charge is 0.411 e. The van der Waals surface area contributed by atoms with Crippen molar-refractivity contribution in [3.63, 3.8) is 0 Å². The van der Waals surface area contributed by atoms with Gasteiger partial charge in [0.1, 0.15) is 11.6 Å². The summed E-state index contributed by atoms with van der Waals surface area (Å²) in [5, 5.41) is 0. The first-order chi connectivity index (χ1) is 9.66. The van der Waals surface area contributed by atoms with Crippen LogP contribution >= 0.6 is 0 Å². The van der Waals surface area contributed by atoms with Gasteiger partial charge in [-0.2, -0.15) is 0 Å². The van der Waals surface area contributed by atoms with E-state index in [0.717, 1.165) is 0 Å². The number of rotatable bonds is 1. The number of esters is 2. The third-order valence-corrected chi connectivity index (χ3v) is 3.28. The molecule has 2 heterocycles. The van der Waals surface area contributed by atoms with Gasteiger partial charge in [0.15, 0.2) is 5.60 Å². The molecule has 0 radical (unpaired) electrons. The van der Waals surface area contributed by atoms with Gasteiger partial charge in [-0.1, -0.05) is 0 Å². The molecule has 7 nitrogen and oxygen atoms in total. The van der Waals surface area contributed by atoms with Crippen molar-refractivity contribution in [2.75, 3.05) is 13.7 Å². The fraction of sp³-hybridized carbons (Fsp3) is 0.643. The average molecular weight is 297 g/mol. The SMILES string of the molecule is COC(=O)[C@@H]1C[C@@]2(C=CC(=O)O2)CN1C(=O)OC(C)(C)C. The van der Waals surface area contributed by atoms with Crippen LogP contribution in [0.3, 0.4) is 0 Å². The van der Waals surface area contributed by atoms with Crippen LogP contribution in [0.1, 0.15) is 27.2 Å². The summed E-state index contributed by atoms with van der Waals surface area (Å²) in [6.07, 6.45) is 2.41. The van der Waals surface area contributed by atoms with Gasteiger partial charge in [0.2, 0.25) is 0 Å². The molecule has 1 fully saturated rings. The third-order valence-electron chi connectivity index (χ3n) is 3.28. The lowest BCUT2D eigenvalue weighted by molar-refractivity contribution is -0.147. The van der Waals surface area contributed by atoms with Crippen LogP contribution in [-0.2, 0) is 23.8 Å². The highest BCUT2D eigenvalue weighted by atomic mass is 16.6. The summed E-state index contributed by atoms with van der Waals surface area (Å²) in [4.78, 5) is 36.7. The third kappa shape index (κ3) is 3.17. The van der Waals surface area contributed by atoms with Gasteiger partial charge in [0, 0.05) is 12.5 Å². The van der Waals surface area contributed by atoms with Gasteiger partial charge in [-0.25, -0.2) is 14.4 Å². The summed E-state index contributed by atoms with van der Waals surface area (Å²) < 4.78 is 15.2. The Labute approximate surface area is 122 Å². The van der Waals surface area contributed by atoms with E-state index in [2.05, 4.69) is 0 Å². The molecule has 2 atom stereocenters. The van der Waals surface area contributed by atoms with Gasteiger partial charge >= 0.3 is 18.0 Å². The van der Waals surface area contributed by atoms with Gasteiger partial charge in [0.05, 0.1) is 13.7 Å². The lowest BCUT2D eigenvalue weighted by Gasteiger charge is -2.27. The summed E-state index contributed by atoms with van der Waals surface area (Å²) >= 11 is 0. The fourth-order valence-corrected chi connectivity index (χ4v) is 2.44. The number of hydrogen-bond acceptors (Lipinski definition) is 6. The highest BCUT2D eigenvalue weighted by Gasteiger charge is 2.53. The number of nitrogens with zero attached hydrogens (tertiary/aromatic N) is 1. The predicted molar refractivity (Wildman–Crippen MR) is 71.3 cm³/mol. The molecule has 0 aromatic heterocycles. The van der Waals surface area contributed by atoms with Gasteiger partial charge in [-0.3, -0.25) is 4.90 Å². The Bertz CT molecular complexity index is 506. The van der Waals surface area contributed by atoms with Gasteiger partial charge in [0.25, 0.3) is 0 Å². The lowest BCUT2D eigenvalue weighted by atomic mass is 10.0. The molecule has 1 spiro atoms. The molecule has 1 saturated heterocycles. The quantitative estimate of drug-likeness (QED) is 0.531. The van der Waals surface area contributed by atoms with Crippen LogP contribution in [0.4, 0.5) is 4.79 Å². The maximum Gasteiger partial charge on any atom is 0.411 e. The molecule has 2 rings (SSSR count). The number of amides is 1. The molecule has 2 aliphatic heterocycles. The van der Waals surface area contributed by atoms with E-state index >= 15 is 0 Å². The van der Waals surface area contributed by atoms with Crippen molar-refractivity contribution in [2.24, 2.45) is 0 Å². The second kappa shape index (κ2) is 5.05. The molecule has 116 valence electrons. The Balaban J connectivity index is 2.21. The van der Waals surface area contributed by atoms with E-state index in [4.69, 9.17) is 14.2 Å². The lowest BCUT2D eigenvalue weighted by Crippen LogP contribution is -2.44. The number of likely N-dealkylation sites (tertiary alicyclic amines) is 1. The molecule has 0 N–H and O–H groups in total. The van der Waals surface area contributed by atoms with Crippen molar-refractivity contribution < 1.29 is 28.6 Å². The van der Waals surface area contributed by atoms with Crippen LogP contribution < -0.4 is 0 Å². The molecule has 0 bridgehead atoms. The molecule has 2 aliphatic rings. The van der Waals surface area contributed by atoms with Gasteiger partial charge in [-0.05, 0) is 26.8 Å². The molecule has 0 unspecified atom stereocenters. The van der Waals surface area contributed by atoms with Crippen LogP contribution in [0.15, 0.2) is 12.2 Å². The second-order valence-corrected chi connectivity index (χ2v) is 6.17. The van der Waals surface area contributed by atoms with Crippen LogP contribution in [0.25, 0.3) is 0 Å². The van der Waals surface area contributed by atoms with E-state index in [1.807, 2.05) is 0 Å². The maximum atomic E-state index is 12.2. The Hall–Kier alpha value is -2.05. The molecular formula is C14H19NO6. The Morgan fingerprint density at radius 1 is 1.43 bits per heavy atom. The second-order valence-electron chi connectivity index (χ2n) is 6.17. The van der Waals surface area contributed by atoms with Crippen molar-refractivity contribution in [3.05, 3.63) is 12.2 Å². The molecule has 0 saturated carbocycles. The average Bonchev–Trinajstić information content (AvgIpc) is 2.91. The Kier molecular flexibility index (Phi) is 3.69. The molecule has 7 heteroatoms. The number of methoxy groups -OCH3 is 1. The molecule has 0 aliphatic carbocycles. The van der Waals surface area contributed by atoms with Crippen molar-refractivity contribution in [1.82, 2.24) is 4.90 Å². The summed E-state index contributed by atoms with van der Waals surface area (Å²) in [5.41, 5.74) is -1.65. The fourth-order valence-electron chi connectivity index (χ4n) is 2.44. The summed E-state index contributed by atoms with van der Waals surface area (Å²) in [7, 11) is 1.25. The molecule has 21 heavy (non-hydrogen) atoms. The number of carbonyl (C=O) groups excluding carboxylic acids is 3. The van der Waals surface area contributed by atoms with Crippen LogP contribution in [-0.4, -0.2) is 53.8 Å². The molecule has 0 aromatic carbocycles. The van der Waals surface area contributed by atoms with Crippen molar-refractivity contribution in [1.29, 1.82) is 0 Å².